The van der Waals surface area contributed by atoms with Gasteiger partial charge in [-0.2, -0.15) is 0 Å². The van der Waals surface area contributed by atoms with E-state index in [1.54, 1.807) is 13.0 Å². The Bertz CT molecular complexity index is 457. The van der Waals surface area contributed by atoms with Crippen LogP contribution in [0.5, 0.6) is 0 Å². The van der Waals surface area contributed by atoms with E-state index in [4.69, 9.17) is 0 Å². The lowest BCUT2D eigenvalue weighted by atomic mass is 10.1. The van der Waals surface area contributed by atoms with Crippen LogP contribution in [0.1, 0.15) is 18.6 Å². The van der Waals surface area contributed by atoms with E-state index in [0.717, 1.165) is 45.0 Å². The highest BCUT2D eigenvalue weighted by atomic mass is 19.1. The van der Waals surface area contributed by atoms with Crippen molar-refractivity contribution in [3.8, 4) is 0 Å². The summed E-state index contributed by atoms with van der Waals surface area (Å²) in [6.07, 6.45) is -0.784. The molecule has 21 heavy (non-hydrogen) atoms. The van der Waals surface area contributed by atoms with Crippen molar-refractivity contribution < 1.29 is 9.50 Å². The van der Waals surface area contributed by atoms with Gasteiger partial charge in [-0.25, -0.2) is 4.39 Å². The van der Waals surface area contributed by atoms with Crippen molar-refractivity contribution >= 4 is 5.69 Å². The minimum absolute atomic E-state index is 0.322. The summed E-state index contributed by atoms with van der Waals surface area (Å²) in [5, 5.41) is 9.83. The third-order valence-corrected chi connectivity index (χ3v) is 4.02. The SMILES string of the molecule is C[C@H](O)c1c(F)cccc1N1CCN(CCN(C)C)CC1. The van der Waals surface area contributed by atoms with E-state index in [2.05, 4.69) is 28.8 Å². The van der Waals surface area contributed by atoms with Crippen LogP contribution in [0.15, 0.2) is 18.2 Å². The van der Waals surface area contributed by atoms with E-state index in [1.165, 1.54) is 6.07 Å². The number of hydrogen-bond donors (Lipinski definition) is 1. The summed E-state index contributed by atoms with van der Waals surface area (Å²) >= 11 is 0. The minimum Gasteiger partial charge on any atom is -0.389 e. The Kier molecular flexibility index (Phi) is 5.56. The normalized spacial score (nSPS) is 18.3. The molecule has 0 bridgehead atoms. The Morgan fingerprint density at radius 2 is 1.90 bits per heavy atom. The minimum atomic E-state index is -0.784. The summed E-state index contributed by atoms with van der Waals surface area (Å²) < 4.78 is 13.9. The van der Waals surface area contributed by atoms with Gasteiger partial charge < -0.3 is 14.9 Å². The van der Waals surface area contributed by atoms with Crippen LogP contribution in [0.3, 0.4) is 0 Å². The van der Waals surface area contributed by atoms with Gasteiger partial charge in [0.15, 0.2) is 0 Å². The molecule has 0 saturated carbocycles. The zero-order chi connectivity index (χ0) is 15.4. The molecular weight excluding hydrogens is 269 g/mol. The Hall–Kier alpha value is -1.17. The molecule has 1 atom stereocenters. The summed E-state index contributed by atoms with van der Waals surface area (Å²) in [7, 11) is 4.16. The van der Waals surface area contributed by atoms with E-state index >= 15 is 0 Å². The molecular formula is C16H26FN3O. The van der Waals surface area contributed by atoms with Crippen molar-refractivity contribution in [2.24, 2.45) is 0 Å². The summed E-state index contributed by atoms with van der Waals surface area (Å²) in [5.74, 6) is -0.322. The van der Waals surface area contributed by atoms with E-state index in [1.807, 2.05) is 6.07 Å². The van der Waals surface area contributed by atoms with Crippen LogP contribution in [0.25, 0.3) is 0 Å². The Morgan fingerprint density at radius 1 is 1.24 bits per heavy atom. The maximum Gasteiger partial charge on any atom is 0.131 e. The van der Waals surface area contributed by atoms with Crippen molar-refractivity contribution in [3.63, 3.8) is 0 Å². The first-order valence-electron chi connectivity index (χ1n) is 7.57. The van der Waals surface area contributed by atoms with Gasteiger partial charge in [0.05, 0.1) is 6.10 Å². The largest absolute Gasteiger partial charge is 0.389 e. The zero-order valence-electron chi connectivity index (χ0n) is 13.2. The molecule has 1 heterocycles. The molecule has 1 aliphatic rings. The first kappa shape index (κ1) is 16.2. The van der Waals surface area contributed by atoms with Gasteiger partial charge in [-0.05, 0) is 33.2 Å². The molecule has 118 valence electrons. The maximum atomic E-state index is 13.9. The molecule has 1 aromatic rings. The van der Waals surface area contributed by atoms with Crippen LogP contribution in [0, 0.1) is 5.82 Å². The van der Waals surface area contributed by atoms with E-state index in [0.29, 0.717) is 5.56 Å². The fourth-order valence-electron chi connectivity index (χ4n) is 2.77. The fraction of sp³-hybridized carbons (Fsp3) is 0.625. The van der Waals surface area contributed by atoms with Gasteiger partial charge in [-0.1, -0.05) is 6.07 Å². The predicted octanol–water partition coefficient (Wildman–Crippen LogP) is 1.56. The molecule has 1 fully saturated rings. The zero-order valence-corrected chi connectivity index (χ0v) is 13.2. The molecule has 0 aromatic heterocycles. The number of rotatable bonds is 5. The summed E-state index contributed by atoms with van der Waals surface area (Å²) in [4.78, 5) is 6.79. The molecule has 1 aromatic carbocycles. The van der Waals surface area contributed by atoms with Crippen LogP contribution >= 0.6 is 0 Å². The van der Waals surface area contributed by atoms with Gasteiger partial charge in [0.2, 0.25) is 0 Å². The molecule has 1 saturated heterocycles. The van der Waals surface area contributed by atoms with Crippen molar-refractivity contribution in [3.05, 3.63) is 29.6 Å². The van der Waals surface area contributed by atoms with Crippen molar-refractivity contribution in [1.29, 1.82) is 0 Å². The second-order valence-electron chi connectivity index (χ2n) is 5.98. The molecule has 1 aliphatic heterocycles. The quantitative estimate of drug-likeness (QED) is 0.893. The van der Waals surface area contributed by atoms with Crippen molar-refractivity contribution in [1.82, 2.24) is 9.80 Å². The molecule has 1 N–H and O–H groups in total. The van der Waals surface area contributed by atoms with Gasteiger partial charge in [-0.15, -0.1) is 0 Å². The topological polar surface area (TPSA) is 30.0 Å². The first-order chi connectivity index (χ1) is 9.99. The van der Waals surface area contributed by atoms with Gasteiger partial charge >= 0.3 is 0 Å². The highest BCUT2D eigenvalue weighted by Gasteiger charge is 2.22. The van der Waals surface area contributed by atoms with Gasteiger partial charge in [-0.3, -0.25) is 4.90 Å². The number of anilines is 1. The lowest BCUT2D eigenvalue weighted by molar-refractivity contribution is 0.193. The number of halogens is 1. The van der Waals surface area contributed by atoms with Crippen LogP contribution < -0.4 is 4.90 Å². The maximum absolute atomic E-state index is 13.9. The van der Waals surface area contributed by atoms with Crippen molar-refractivity contribution in [2.45, 2.75) is 13.0 Å². The van der Waals surface area contributed by atoms with E-state index < -0.39 is 6.10 Å². The van der Waals surface area contributed by atoms with Crippen LogP contribution in [-0.2, 0) is 0 Å². The van der Waals surface area contributed by atoms with E-state index in [-0.39, 0.29) is 5.82 Å². The average Bonchev–Trinajstić information content (AvgIpc) is 2.45. The lowest BCUT2D eigenvalue weighted by Gasteiger charge is -2.37. The predicted molar refractivity (Wildman–Crippen MR) is 84.2 cm³/mol. The van der Waals surface area contributed by atoms with E-state index in [9.17, 15) is 9.50 Å². The standard InChI is InChI=1S/C16H26FN3O/c1-13(21)16-14(17)5-4-6-15(16)20-11-9-19(10-12-20)8-7-18(2)3/h4-6,13,21H,7-12H2,1-3H3/t13-/m0/s1. The average molecular weight is 295 g/mol. The second-order valence-corrected chi connectivity index (χ2v) is 5.98. The number of benzene rings is 1. The molecule has 0 spiro atoms. The second kappa shape index (κ2) is 7.20. The highest BCUT2D eigenvalue weighted by molar-refractivity contribution is 5.55. The highest BCUT2D eigenvalue weighted by Crippen LogP contribution is 2.29. The lowest BCUT2D eigenvalue weighted by Crippen LogP contribution is -2.48. The molecule has 0 amide bonds. The summed E-state index contributed by atoms with van der Waals surface area (Å²) in [5.41, 5.74) is 1.25. The first-order valence-corrected chi connectivity index (χ1v) is 7.57. The Morgan fingerprint density at radius 3 is 2.48 bits per heavy atom. The molecule has 0 unspecified atom stereocenters. The number of hydrogen-bond acceptors (Lipinski definition) is 4. The number of aliphatic hydroxyl groups excluding tert-OH is 1. The third kappa shape index (κ3) is 4.15. The fourth-order valence-corrected chi connectivity index (χ4v) is 2.77. The van der Waals surface area contributed by atoms with Crippen molar-refractivity contribution in [2.75, 3.05) is 58.3 Å². The Labute approximate surface area is 126 Å². The number of piperazine rings is 1. The van der Waals surface area contributed by atoms with Crippen LogP contribution in [-0.4, -0.2) is 68.3 Å². The molecule has 2 rings (SSSR count). The monoisotopic (exact) mass is 295 g/mol. The Balaban J connectivity index is 2.01. The smallest absolute Gasteiger partial charge is 0.131 e. The van der Waals surface area contributed by atoms with Gasteiger partial charge in [0.25, 0.3) is 0 Å². The molecule has 0 radical (unpaired) electrons. The van der Waals surface area contributed by atoms with Crippen LogP contribution in [0.4, 0.5) is 10.1 Å². The molecule has 4 nitrogen and oxygen atoms in total. The molecule has 5 heteroatoms. The van der Waals surface area contributed by atoms with Crippen LogP contribution in [0.2, 0.25) is 0 Å². The molecule has 0 aliphatic carbocycles. The number of likely N-dealkylation sites (N-methyl/N-ethyl adjacent to an activating group) is 1. The summed E-state index contributed by atoms with van der Waals surface area (Å²) in [6.45, 7) is 7.43. The van der Waals surface area contributed by atoms with Gasteiger partial charge in [0, 0.05) is 50.5 Å². The third-order valence-electron chi connectivity index (χ3n) is 4.02. The number of aliphatic hydroxyl groups is 1. The summed E-state index contributed by atoms with van der Waals surface area (Å²) in [6, 6.07) is 5.04. The number of nitrogens with zero attached hydrogens (tertiary/aromatic N) is 3. The van der Waals surface area contributed by atoms with Gasteiger partial charge in [0.1, 0.15) is 5.82 Å².